The van der Waals surface area contributed by atoms with Crippen LogP contribution in [0.3, 0.4) is 0 Å². The number of aromatic nitrogens is 2. The zero-order valence-electron chi connectivity index (χ0n) is 13.0. The summed E-state index contributed by atoms with van der Waals surface area (Å²) in [5.41, 5.74) is 8.04. The molecule has 0 aliphatic rings. The number of carbonyl (C=O) groups is 1. The number of carbonyl (C=O) groups excluding carboxylic acids is 1. The Morgan fingerprint density at radius 2 is 1.96 bits per heavy atom. The topological polar surface area (TPSA) is 87.2 Å². The fraction of sp³-hybridized carbons (Fsp3) is 0.0556. The van der Waals surface area contributed by atoms with Gasteiger partial charge in [0.15, 0.2) is 5.43 Å². The summed E-state index contributed by atoms with van der Waals surface area (Å²) in [5, 5.41) is 0. The van der Waals surface area contributed by atoms with Crippen molar-refractivity contribution in [3.05, 3.63) is 76.8 Å². The first-order chi connectivity index (χ1) is 11.6. The van der Waals surface area contributed by atoms with Crippen molar-refractivity contribution < 1.29 is 9.53 Å². The molecule has 2 aromatic heterocycles. The predicted octanol–water partition coefficient (Wildman–Crippen LogP) is 2.27. The lowest BCUT2D eigenvalue weighted by Gasteiger charge is -2.15. The average Bonchev–Trinajstić information content (AvgIpc) is 2.62. The summed E-state index contributed by atoms with van der Waals surface area (Å²) in [6.07, 6.45) is 4.76. The molecule has 1 aromatic carbocycles. The van der Waals surface area contributed by atoms with Crippen molar-refractivity contribution in [3.8, 4) is 16.9 Å². The second kappa shape index (κ2) is 6.37. The van der Waals surface area contributed by atoms with Crippen molar-refractivity contribution in [1.29, 1.82) is 0 Å². The molecule has 3 rings (SSSR count). The monoisotopic (exact) mass is 321 g/mol. The Morgan fingerprint density at radius 3 is 2.58 bits per heavy atom. The summed E-state index contributed by atoms with van der Waals surface area (Å²) in [4.78, 5) is 28.2. The highest BCUT2D eigenvalue weighted by atomic mass is 16.5. The van der Waals surface area contributed by atoms with Crippen LogP contribution in [0.1, 0.15) is 10.4 Å². The van der Waals surface area contributed by atoms with Crippen LogP contribution in [-0.4, -0.2) is 22.6 Å². The summed E-state index contributed by atoms with van der Waals surface area (Å²) >= 11 is 0. The van der Waals surface area contributed by atoms with Gasteiger partial charge >= 0.3 is 5.97 Å². The van der Waals surface area contributed by atoms with Gasteiger partial charge in [0, 0.05) is 24.1 Å². The molecule has 0 radical (unpaired) electrons. The van der Waals surface area contributed by atoms with Crippen molar-refractivity contribution >= 4 is 11.7 Å². The van der Waals surface area contributed by atoms with Gasteiger partial charge in [-0.1, -0.05) is 12.1 Å². The molecule has 0 aliphatic carbocycles. The van der Waals surface area contributed by atoms with Gasteiger partial charge in [0.1, 0.15) is 5.56 Å². The number of hydrogen-bond donors (Lipinski definition) is 1. The number of methoxy groups -OCH3 is 1. The van der Waals surface area contributed by atoms with Crippen LogP contribution >= 0.6 is 0 Å². The molecule has 0 aliphatic heterocycles. The van der Waals surface area contributed by atoms with Crippen molar-refractivity contribution in [2.75, 3.05) is 12.8 Å². The highest BCUT2D eigenvalue weighted by Crippen LogP contribution is 2.23. The molecule has 6 nitrogen and oxygen atoms in total. The normalized spacial score (nSPS) is 10.4. The fourth-order valence-corrected chi connectivity index (χ4v) is 2.38. The zero-order chi connectivity index (χ0) is 17.1. The Bertz CT molecular complexity index is 932. The molecule has 0 bridgehead atoms. The minimum Gasteiger partial charge on any atom is -0.465 e. The van der Waals surface area contributed by atoms with E-state index in [1.54, 1.807) is 35.2 Å². The van der Waals surface area contributed by atoms with Gasteiger partial charge in [0.05, 0.1) is 24.7 Å². The molecule has 2 heterocycles. The lowest BCUT2D eigenvalue weighted by Crippen LogP contribution is -2.19. The van der Waals surface area contributed by atoms with Crippen molar-refractivity contribution in [2.45, 2.75) is 0 Å². The van der Waals surface area contributed by atoms with E-state index in [0.29, 0.717) is 11.4 Å². The quantitative estimate of drug-likeness (QED) is 0.590. The minimum absolute atomic E-state index is 0.0412. The molecule has 0 spiro atoms. The van der Waals surface area contributed by atoms with Gasteiger partial charge in [-0.3, -0.25) is 9.78 Å². The third-order valence-corrected chi connectivity index (χ3v) is 3.59. The third kappa shape index (κ3) is 2.89. The van der Waals surface area contributed by atoms with Gasteiger partial charge in [0.25, 0.3) is 0 Å². The Morgan fingerprint density at radius 1 is 1.21 bits per heavy atom. The summed E-state index contributed by atoms with van der Waals surface area (Å²) < 4.78 is 6.41. The van der Waals surface area contributed by atoms with Gasteiger partial charge in [-0.05, 0) is 29.8 Å². The first-order valence-electron chi connectivity index (χ1n) is 7.21. The molecule has 24 heavy (non-hydrogen) atoms. The Hall–Kier alpha value is -3.41. The van der Waals surface area contributed by atoms with Crippen LogP contribution in [-0.2, 0) is 4.74 Å². The maximum atomic E-state index is 12.3. The lowest BCUT2D eigenvalue weighted by atomic mass is 10.1. The number of nitrogen functional groups attached to an aromatic ring is 1. The van der Waals surface area contributed by atoms with Gasteiger partial charge in [-0.15, -0.1) is 0 Å². The largest absolute Gasteiger partial charge is 0.465 e. The van der Waals surface area contributed by atoms with E-state index in [9.17, 15) is 9.59 Å². The maximum absolute atomic E-state index is 12.3. The van der Waals surface area contributed by atoms with E-state index >= 15 is 0 Å². The predicted molar refractivity (Wildman–Crippen MR) is 91.0 cm³/mol. The Kier molecular flexibility index (Phi) is 4.11. The molecular formula is C18H15N3O3. The van der Waals surface area contributed by atoms with E-state index in [1.807, 2.05) is 18.2 Å². The Balaban J connectivity index is 2.28. The van der Waals surface area contributed by atoms with E-state index in [1.165, 1.54) is 19.4 Å². The Labute approximate surface area is 138 Å². The second-order valence-electron chi connectivity index (χ2n) is 5.13. The van der Waals surface area contributed by atoms with Gasteiger partial charge in [-0.2, -0.15) is 0 Å². The number of nitrogens with two attached hydrogens (primary N) is 1. The number of anilines is 1. The molecule has 120 valence electrons. The van der Waals surface area contributed by atoms with E-state index in [2.05, 4.69) is 9.72 Å². The van der Waals surface area contributed by atoms with Gasteiger partial charge < -0.3 is 15.0 Å². The van der Waals surface area contributed by atoms with Crippen molar-refractivity contribution in [2.24, 2.45) is 0 Å². The molecule has 0 saturated heterocycles. The molecule has 0 atom stereocenters. The fourth-order valence-electron chi connectivity index (χ4n) is 2.38. The molecule has 2 N–H and O–H groups in total. The van der Waals surface area contributed by atoms with Gasteiger partial charge in [0.2, 0.25) is 0 Å². The minimum atomic E-state index is -0.679. The van der Waals surface area contributed by atoms with Crippen molar-refractivity contribution in [1.82, 2.24) is 9.55 Å². The van der Waals surface area contributed by atoms with Crippen LogP contribution in [0.4, 0.5) is 5.69 Å². The van der Waals surface area contributed by atoms with Crippen LogP contribution in [0, 0.1) is 0 Å². The molecule has 0 amide bonds. The summed E-state index contributed by atoms with van der Waals surface area (Å²) in [6.45, 7) is 0. The first-order valence-corrected chi connectivity index (χ1v) is 7.21. The number of rotatable bonds is 3. The van der Waals surface area contributed by atoms with Gasteiger partial charge in [-0.25, -0.2) is 4.79 Å². The van der Waals surface area contributed by atoms with Crippen LogP contribution in [0.5, 0.6) is 0 Å². The highest BCUT2D eigenvalue weighted by Gasteiger charge is 2.16. The SMILES string of the molecule is COC(=O)c1cn(-c2cccnc2)c(-c2ccc(N)cc2)cc1=O. The molecule has 0 unspecified atom stereocenters. The standard InChI is InChI=1S/C18H15N3O3/c1-24-18(23)15-11-21(14-3-2-8-20-10-14)16(9-17(15)22)12-4-6-13(19)7-5-12/h2-11H,19H2,1H3. The number of esters is 1. The van der Waals surface area contributed by atoms with Crippen LogP contribution in [0.25, 0.3) is 16.9 Å². The third-order valence-electron chi connectivity index (χ3n) is 3.59. The van der Waals surface area contributed by atoms with Crippen LogP contribution in [0.2, 0.25) is 0 Å². The smallest absolute Gasteiger partial charge is 0.343 e. The summed E-state index contributed by atoms with van der Waals surface area (Å²) in [6, 6.07) is 12.1. The lowest BCUT2D eigenvalue weighted by molar-refractivity contribution is 0.0598. The average molecular weight is 321 g/mol. The summed E-state index contributed by atoms with van der Waals surface area (Å²) in [7, 11) is 1.24. The first kappa shape index (κ1) is 15.5. The molecule has 6 heteroatoms. The van der Waals surface area contributed by atoms with Crippen LogP contribution < -0.4 is 11.2 Å². The molecular weight excluding hydrogens is 306 g/mol. The van der Waals surface area contributed by atoms with E-state index in [4.69, 9.17) is 5.73 Å². The molecule has 0 saturated carbocycles. The van der Waals surface area contributed by atoms with E-state index in [0.717, 1.165) is 11.3 Å². The number of ether oxygens (including phenoxy) is 1. The number of pyridine rings is 2. The van der Waals surface area contributed by atoms with Crippen molar-refractivity contribution in [3.63, 3.8) is 0 Å². The number of benzene rings is 1. The highest BCUT2D eigenvalue weighted by molar-refractivity contribution is 5.89. The number of hydrogen-bond acceptors (Lipinski definition) is 5. The molecule has 0 fully saturated rings. The second-order valence-corrected chi connectivity index (χ2v) is 5.13. The molecule has 3 aromatic rings. The number of nitrogens with zero attached hydrogens (tertiary/aromatic N) is 2. The van der Waals surface area contributed by atoms with E-state index < -0.39 is 11.4 Å². The van der Waals surface area contributed by atoms with Crippen LogP contribution in [0.15, 0.2) is 65.8 Å². The maximum Gasteiger partial charge on any atom is 0.343 e. The zero-order valence-corrected chi connectivity index (χ0v) is 13.0. The summed E-state index contributed by atoms with van der Waals surface area (Å²) in [5.74, 6) is -0.679. The van der Waals surface area contributed by atoms with E-state index in [-0.39, 0.29) is 5.56 Å².